The highest BCUT2D eigenvalue weighted by molar-refractivity contribution is 5.93. The smallest absolute Gasteiger partial charge is 0.408 e. The average Bonchev–Trinajstić information content (AvgIpc) is 3.30. The van der Waals surface area contributed by atoms with Crippen molar-refractivity contribution < 1.29 is 42.5 Å². The summed E-state index contributed by atoms with van der Waals surface area (Å²) in [6, 6.07) is 6.88. The summed E-state index contributed by atoms with van der Waals surface area (Å²) in [5, 5.41) is 5.35. The fourth-order valence-corrected chi connectivity index (χ4v) is 3.37. The van der Waals surface area contributed by atoms with Crippen molar-refractivity contribution in [1.82, 2.24) is 10.3 Å². The van der Waals surface area contributed by atoms with Crippen LogP contribution in [0.15, 0.2) is 34.7 Å². The van der Waals surface area contributed by atoms with Gasteiger partial charge in [0.25, 0.3) is 0 Å². The van der Waals surface area contributed by atoms with E-state index in [2.05, 4.69) is 15.6 Å². The Morgan fingerprint density at radius 3 is 2.26 bits per heavy atom. The van der Waals surface area contributed by atoms with Gasteiger partial charge in [0.1, 0.15) is 24.3 Å². The third-order valence-electron chi connectivity index (χ3n) is 5.58. The molecule has 0 bridgehead atoms. The highest BCUT2D eigenvalue weighted by Gasteiger charge is 2.32. The van der Waals surface area contributed by atoms with E-state index in [0.717, 1.165) is 5.56 Å². The molecule has 2 aromatic rings. The second kappa shape index (κ2) is 14.2. The van der Waals surface area contributed by atoms with Gasteiger partial charge in [0.15, 0.2) is 5.89 Å². The van der Waals surface area contributed by atoms with Crippen LogP contribution in [0.25, 0.3) is 0 Å². The minimum absolute atomic E-state index is 0.0340. The van der Waals surface area contributed by atoms with Gasteiger partial charge in [-0.3, -0.25) is 0 Å². The SMILES string of the molecule is CC[C@@H](C)[C@H](Nc1oc(C[C@H](NC(=O)OC(C)(C)C)C(=O)OCc2ccccc2)nc1C(=O)OC)C(=O)OC. The van der Waals surface area contributed by atoms with Crippen molar-refractivity contribution >= 4 is 29.9 Å². The molecule has 0 saturated heterocycles. The number of aromatic nitrogens is 1. The zero-order valence-electron chi connectivity index (χ0n) is 23.4. The predicted molar refractivity (Wildman–Crippen MR) is 140 cm³/mol. The van der Waals surface area contributed by atoms with Crippen molar-refractivity contribution in [2.24, 2.45) is 5.92 Å². The van der Waals surface area contributed by atoms with Gasteiger partial charge in [-0.25, -0.2) is 24.2 Å². The molecular formula is C27H37N3O9. The Hall–Kier alpha value is -4.09. The molecule has 0 spiro atoms. The summed E-state index contributed by atoms with van der Waals surface area (Å²) in [5.41, 5.74) is -0.311. The summed E-state index contributed by atoms with van der Waals surface area (Å²) >= 11 is 0. The minimum atomic E-state index is -1.27. The monoisotopic (exact) mass is 547 g/mol. The van der Waals surface area contributed by atoms with Crippen molar-refractivity contribution in [2.45, 2.75) is 71.8 Å². The van der Waals surface area contributed by atoms with Gasteiger partial charge in [-0.1, -0.05) is 50.6 Å². The Morgan fingerprint density at radius 2 is 1.69 bits per heavy atom. The first kappa shape index (κ1) is 31.1. The number of alkyl carbamates (subject to hydrolysis) is 1. The number of nitrogens with zero attached hydrogens (tertiary/aromatic N) is 1. The number of esters is 3. The first-order chi connectivity index (χ1) is 18.4. The van der Waals surface area contributed by atoms with E-state index in [0.29, 0.717) is 6.42 Å². The maximum absolute atomic E-state index is 13.0. The van der Waals surface area contributed by atoms with E-state index in [-0.39, 0.29) is 36.4 Å². The highest BCUT2D eigenvalue weighted by Crippen LogP contribution is 2.24. The molecule has 39 heavy (non-hydrogen) atoms. The largest absolute Gasteiger partial charge is 0.467 e. The summed E-state index contributed by atoms with van der Waals surface area (Å²) in [6.45, 7) is 8.72. The Labute approximate surface area is 227 Å². The predicted octanol–water partition coefficient (Wildman–Crippen LogP) is 3.64. The number of nitrogens with one attached hydrogen (secondary N) is 2. The van der Waals surface area contributed by atoms with Gasteiger partial charge < -0.3 is 34.0 Å². The molecule has 1 heterocycles. The number of ether oxygens (including phenoxy) is 4. The van der Waals surface area contributed by atoms with Crippen LogP contribution in [-0.2, 0) is 41.6 Å². The van der Waals surface area contributed by atoms with Crippen molar-refractivity contribution in [2.75, 3.05) is 19.5 Å². The molecule has 0 aliphatic heterocycles. The molecule has 0 unspecified atom stereocenters. The molecule has 214 valence electrons. The Bertz CT molecular complexity index is 1130. The molecule has 0 fully saturated rings. The van der Waals surface area contributed by atoms with Gasteiger partial charge in [-0.05, 0) is 32.3 Å². The van der Waals surface area contributed by atoms with Crippen LogP contribution >= 0.6 is 0 Å². The van der Waals surface area contributed by atoms with Gasteiger partial charge in [0.05, 0.1) is 20.6 Å². The second-order valence-electron chi connectivity index (χ2n) is 9.80. The van der Waals surface area contributed by atoms with E-state index in [9.17, 15) is 19.2 Å². The number of carbonyl (C=O) groups excluding carboxylic acids is 4. The lowest BCUT2D eigenvalue weighted by atomic mass is 9.99. The van der Waals surface area contributed by atoms with Crippen LogP contribution in [0.5, 0.6) is 0 Å². The maximum Gasteiger partial charge on any atom is 0.408 e. The van der Waals surface area contributed by atoms with Crippen molar-refractivity contribution in [3.05, 3.63) is 47.5 Å². The van der Waals surface area contributed by atoms with Crippen molar-refractivity contribution in [1.29, 1.82) is 0 Å². The third kappa shape index (κ3) is 9.62. The second-order valence-corrected chi connectivity index (χ2v) is 9.80. The van der Waals surface area contributed by atoms with E-state index in [1.807, 2.05) is 19.9 Å². The lowest BCUT2D eigenvalue weighted by Crippen LogP contribution is -2.45. The van der Waals surface area contributed by atoms with Crippen LogP contribution in [0.3, 0.4) is 0 Å². The number of hydrogen-bond donors (Lipinski definition) is 2. The normalized spacial score (nSPS) is 13.4. The molecule has 0 saturated carbocycles. The number of hydrogen-bond acceptors (Lipinski definition) is 11. The number of carbonyl (C=O) groups is 4. The number of methoxy groups -OCH3 is 2. The van der Waals surface area contributed by atoms with Crippen molar-refractivity contribution in [3.63, 3.8) is 0 Å². The number of rotatable bonds is 12. The lowest BCUT2D eigenvalue weighted by molar-refractivity contribution is -0.147. The molecule has 12 nitrogen and oxygen atoms in total. The number of amides is 1. The third-order valence-corrected chi connectivity index (χ3v) is 5.58. The summed E-state index contributed by atoms with van der Waals surface area (Å²) in [4.78, 5) is 54.5. The molecule has 3 atom stereocenters. The standard InChI is InChI=1S/C27H37N3O9/c1-8-16(2)20(24(32)35-6)30-22-21(25(33)36-7)29-19(38-22)14-18(28-26(34)39-27(3,4)5)23(31)37-15-17-12-10-9-11-13-17/h9-13,16,18,20,30H,8,14-15H2,1-7H3,(H,28,34)/t16-,18+,20+/m1/s1. The van der Waals surface area contributed by atoms with Gasteiger partial charge >= 0.3 is 24.0 Å². The van der Waals surface area contributed by atoms with Crippen LogP contribution in [-0.4, -0.2) is 60.9 Å². The number of oxazole rings is 1. The first-order valence-corrected chi connectivity index (χ1v) is 12.5. The fourth-order valence-electron chi connectivity index (χ4n) is 3.37. The molecule has 12 heteroatoms. The summed E-state index contributed by atoms with van der Waals surface area (Å²) in [5.74, 6) is -2.59. The van der Waals surface area contributed by atoms with Crippen LogP contribution in [0, 0.1) is 5.92 Å². The maximum atomic E-state index is 13.0. The Morgan fingerprint density at radius 1 is 1.03 bits per heavy atom. The van der Waals surface area contributed by atoms with Crippen LogP contribution < -0.4 is 10.6 Å². The van der Waals surface area contributed by atoms with Crippen molar-refractivity contribution in [3.8, 4) is 0 Å². The molecule has 2 rings (SSSR count). The summed E-state index contributed by atoms with van der Waals surface area (Å²) in [6.07, 6.45) is -0.522. The molecule has 1 aromatic heterocycles. The highest BCUT2D eigenvalue weighted by atomic mass is 16.6. The minimum Gasteiger partial charge on any atom is -0.467 e. The molecule has 2 N–H and O–H groups in total. The van der Waals surface area contributed by atoms with Gasteiger partial charge in [0.2, 0.25) is 11.6 Å². The summed E-state index contributed by atoms with van der Waals surface area (Å²) < 4.78 is 26.1. The van der Waals surface area contributed by atoms with E-state index in [1.54, 1.807) is 45.0 Å². The first-order valence-electron chi connectivity index (χ1n) is 12.5. The number of benzene rings is 1. The van der Waals surface area contributed by atoms with E-state index in [1.165, 1.54) is 14.2 Å². The molecule has 0 aliphatic rings. The topological polar surface area (TPSA) is 155 Å². The quantitative estimate of drug-likeness (QED) is 0.295. The molecule has 1 aromatic carbocycles. The fraction of sp³-hybridized carbons (Fsp3) is 0.519. The molecule has 0 aliphatic carbocycles. The van der Waals surface area contributed by atoms with Gasteiger partial charge in [-0.2, -0.15) is 0 Å². The van der Waals surface area contributed by atoms with E-state index < -0.39 is 41.7 Å². The van der Waals surface area contributed by atoms with Crippen LogP contribution in [0.2, 0.25) is 0 Å². The zero-order valence-corrected chi connectivity index (χ0v) is 23.4. The Kier molecular flexibility index (Phi) is 11.3. The van der Waals surface area contributed by atoms with E-state index >= 15 is 0 Å². The lowest BCUT2D eigenvalue weighted by Gasteiger charge is -2.22. The van der Waals surface area contributed by atoms with Crippen LogP contribution in [0.4, 0.5) is 10.7 Å². The van der Waals surface area contributed by atoms with Gasteiger partial charge in [-0.15, -0.1) is 0 Å². The molecular weight excluding hydrogens is 510 g/mol. The van der Waals surface area contributed by atoms with E-state index in [4.69, 9.17) is 23.4 Å². The molecule has 0 radical (unpaired) electrons. The van der Waals surface area contributed by atoms with Crippen LogP contribution in [0.1, 0.15) is 63.0 Å². The molecule has 1 amide bonds. The van der Waals surface area contributed by atoms with Gasteiger partial charge in [0, 0.05) is 0 Å². The summed E-state index contributed by atoms with van der Waals surface area (Å²) in [7, 11) is 2.42. The average molecular weight is 548 g/mol. The zero-order chi connectivity index (χ0) is 29.2. The Balaban J connectivity index is 2.35. The number of anilines is 1.